The number of ether oxygens (including phenoxy) is 1. The van der Waals surface area contributed by atoms with E-state index in [1.807, 2.05) is 20.8 Å². The van der Waals surface area contributed by atoms with Crippen LogP contribution in [0, 0.1) is 17.8 Å². The molecule has 7 nitrogen and oxygen atoms in total. The molecule has 0 aromatic rings. The fourth-order valence-corrected chi connectivity index (χ4v) is 2.68. The quantitative estimate of drug-likeness (QED) is 0.277. The molecule has 1 amide bonds. The van der Waals surface area contributed by atoms with Crippen molar-refractivity contribution in [2.45, 2.75) is 26.4 Å². The summed E-state index contributed by atoms with van der Waals surface area (Å²) in [5.41, 5.74) is 5.29. The zero-order valence-electron chi connectivity index (χ0n) is 12.3. The van der Waals surface area contributed by atoms with Gasteiger partial charge in [0.05, 0.1) is 0 Å². The Morgan fingerprint density at radius 2 is 1.90 bits per heavy atom. The summed E-state index contributed by atoms with van der Waals surface area (Å²) in [5, 5.41) is 3.59. The minimum Gasteiger partial charge on any atom is -0.444 e. The normalized spacial score (nSPS) is 28.1. The molecule has 2 fully saturated rings. The van der Waals surface area contributed by atoms with E-state index in [-0.39, 0.29) is 35.6 Å². The van der Waals surface area contributed by atoms with Crippen LogP contribution in [0.3, 0.4) is 0 Å². The molecule has 1 saturated carbocycles. The van der Waals surface area contributed by atoms with E-state index in [4.69, 9.17) is 22.1 Å². The summed E-state index contributed by atoms with van der Waals surface area (Å²) in [6.45, 7) is 6.68. The third-order valence-electron chi connectivity index (χ3n) is 3.55. The lowest BCUT2D eigenvalue weighted by atomic mass is 10.2. The van der Waals surface area contributed by atoms with Crippen molar-refractivity contribution in [3.8, 4) is 0 Å². The molecule has 21 heavy (non-hydrogen) atoms. The molecule has 2 unspecified atom stereocenters. The lowest BCUT2D eigenvalue weighted by Gasteiger charge is -2.25. The molecule has 0 aromatic heterocycles. The summed E-state index contributed by atoms with van der Waals surface area (Å²) < 4.78 is 5.32. The van der Waals surface area contributed by atoms with Gasteiger partial charge in [-0.25, -0.2) is 9.59 Å². The van der Waals surface area contributed by atoms with Gasteiger partial charge in [0.15, 0.2) is 0 Å². The van der Waals surface area contributed by atoms with Gasteiger partial charge in [-0.3, -0.25) is 0 Å². The largest absolute Gasteiger partial charge is 0.444 e. The minimum atomic E-state index is -0.638. The van der Waals surface area contributed by atoms with E-state index in [9.17, 15) is 9.59 Å². The van der Waals surface area contributed by atoms with Gasteiger partial charge in [-0.15, -0.1) is 11.6 Å². The number of likely N-dealkylation sites (tertiary alicyclic amines) is 1. The van der Waals surface area contributed by atoms with Crippen LogP contribution in [0.15, 0.2) is 5.16 Å². The summed E-state index contributed by atoms with van der Waals surface area (Å²) >= 11 is 5.29. The van der Waals surface area contributed by atoms with Crippen LogP contribution in [0.1, 0.15) is 20.8 Å². The minimum absolute atomic E-state index is 0.0619. The van der Waals surface area contributed by atoms with Crippen molar-refractivity contribution in [3.63, 3.8) is 0 Å². The van der Waals surface area contributed by atoms with Crippen LogP contribution in [0.5, 0.6) is 0 Å². The van der Waals surface area contributed by atoms with Crippen LogP contribution >= 0.6 is 11.6 Å². The van der Waals surface area contributed by atoms with Crippen molar-refractivity contribution in [1.82, 2.24) is 4.90 Å². The number of rotatable bonds is 3. The second-order valence-corrected chi connectivity index (χ2v) is 6.62. The Morgan fingerprint density at radius 3 is 2.38 bits per heavy atom. The van der Waals surface area contributed by atoms with Crippen LogP contribution < -0.4 is 5.73 Å². The second-order valence-electron chi connectivity index (χ2n) is 6.35. The molecule has 1 aliphatic carbocycles. The zero-order chi connectivity index (χ0) is 15.8. The molecule has 2 rings (SSSR count). The molecule has 1 aliphatic heterocycles. The third kappa shape index (κ3) is 3.78. The van der Waals surface area contributed by atoms with Crippen LogP contribution in [0.2, 0.25) is 0 Å². The highest BCUT2D eigenvalue weighted by atomic mass is 35.5. The molecule has 8 heteroatoms. The fraction of sp³-hybridized carbons (Fsp3) is 0.769. The van der Waals surface area contributed by atoms with Crippen LogP contribution in [0.4, 0.5) is 4.79 Å². The van der Waals surface area contributed by atoms with Crippen molar-refractivity contribution in [1.29, 1.82) is 0 Å². The van der Waals surface area contributed by atoms with E-state index in [0.717, 1.165) is 0 Å². The van der Waals surface area contributed by atoms with E-state index in [1.54, 1.807) is 4.90 Å². The number of amidine groups is 1. The lowest BCUT2D eigenvalue weighted by Crippen LogP contribution is -2.38. The molecule has 1 saturated heterocycles. The van der Waals surface area contributed by atoms with Crippen molar-refractivity contribution in [2.24, 2.45) is 28.6 Å². The Balaban J connectivity index is 1.82. The summed E-state index contributed by atoms with van der Waals surface area (Å²) in [6.07, 6.45) is -0.308. The lowest BCUT2D eigenvalue weighted by molar-refractivity contribution is -0.140. The molecule has 118 valence electrons. The van der Waals surface area contributed by atoms with E-state index in [1.165, 1.54) is 0 Å². The Hall–Kier alpha value is -1.50. The maximum absolute atomic E-state index is 11.9. The number of halogens is 1. The SMILES string of the molecule is CC(C)(C)OC(=O)N1CC2C(C1)C2/C(N)=N/OC(=O)CCl. The molecule has 0 bridgehead atoms. The molecule has 0 radical (unpaired) electrons. The Labute approximate surface area is 128 Å². The monoisotopic (exact) mass is 317 g/mol. The van der Waals surface area contributed by atoms with Gasteiger partial charge in [-0.2, -0.15) is 0 Å². The van der Waals surface area contributed by atoms with Gasteiger partial charge < -0.3 is 20.2 Å². The van der Waals surface area contributed by atoms with Gasteiger partial charge in [0.25, 0.3) is 0 Å². The Morgan fingerprint density at radius 1 is 1.33 bits per heavy atom. The van der Waals surface area contributed by atoms with Crippen molar-refractivity contribution >= 4 is 29.5 Å². The Kier molecular flexibility index (Phi) is 4.32. The molecule has 1 heterocycles. The zero-order valence-corrected chi connectivity index (χ0v) is 13.1. The summed E-state index contributed by atoms with van der Waals surface area (Å²) in [6, 6.07) is 0. The van der Waals surface area contributed by atoms with E-state index in [2.05, 4.69) is 9.99 Å². The fourth-order valence-electron chi connectivity index (χ4n) is 2.63. The maximum Gasteiger partial charge on any atom is 0.410 e. The highest BCUT2D eigenvalue weighted by Crippen LogP contribution is 2.51. The van der Waals surface area contributed by atoms with Crippen molar-refractivity contribution in [3.05, 3.63) is 0 Å². The first-order chi connectivity index (χ1) is 9.73. The number of alkyl halides is 1. The molecule has 2 atom stereocenters. The van der Waals surface area contributed by atoms with Gasteiger partial charge in [0, 0.05) is 19.0 Å². The van der Waals surface area contributed by atoms with Gasteiger partial charge in [-0.05, 0) is 32.6 Å². The van der Waals surface area contributed by atoms with E-state index in [0.29, 0.717) is 13.1 Å². The highest BCUT2D eigenvalue weighted by Gasteiger charge is 2.59. The number of hydrogen-bond acceptors (Lipinski definition) is 5. The second kappa shape index (κ2) is 5.71. The van der Waals surface area contributed by atoms with Gasteiger partial charge in [0.1, 0.15) is 17.3 Å². The van der Waals surface area contributed by atoms with Gasteiger partial charge in [0.2, 0.25) is 0 Å². The number of carbonyl (C=O) groups is 2. The van der Waals surface area contributed by atoms with Crippen LogP contribution in [-0.4, -0.2) is 47.4 Å². The summed E-state index contributed by atoms with van der Waals surface area (Å²) in [4.78, 5) is 29.0. The van der Waals surface area contributed by atoms with Crippen molar-refractivity contribution < 1.29 is 19.2 Å². The maximum atomic E-state index is 11.9. The first-order valence-electron chi connectivity index (χ1n) is 6.80. The average Bonchev–Trinajstić information content (AvgIpc) is 2.88. The molecule has 2 aliphatic rings. The number of nitrogens with zero attached hydrogens (tertiary/aromatic N) is 2. The van der Waals surface area contributed by atoms with Gasteiger partial charge >= 0.3 is 12.1 Å². The Bertz CT molecular complexity index is 463. The first kappa shape index (κ1) is 15.9. The van der Waals surface area contributed by atoms with Gasteiger partial charge in [-0.1, -0.05) is 5.16 Å². The van der Waals surface area contributed by atoms with E-state index >= 15 is 0 Å². The summed E-state index contributed by atoms with van der Waals surface area (Å²) in [5.74, 6) is -0.0346. The molecular formula is C13H20ClN3O4. The summed E-state index contributed by atoms with van der Waals surface area (Å²) in [7, 11) is 0. The van der Waals surface area contributed by atoms with E-state index < -0.39 is 11.6 Å². The number of piperidine rings is 1. The molecule has 2 N–H and O–H groups in total. The van der Waals surface area contributed by atoms with Crippen molar-refractivity contribution in [2.75, 3.05) is 19.0 Å². The first-order valence-corrected chi connectivity index (χ1v) is 7.33. The smallest absolute Gasteiger partial charge is 0.410 e. The number of carbonyl (C=O) groups excluding carboxylic acids is 2. The van der Waals surface area contributed by atoms with Crippen LogP contribution in [0.25, 0.3) is 0 Å². The molecular weight excluding hydrogens is 298 g/mol. The predicted octanol–water partition coefficient (Wildman–Crippen LogP) is 1.15. The number of nitrogens with two attached hydrogens (primary N) is 1. The number of oxime groups is 1. The number of fused-ring (bicyclic) bond motifs is 1. The van der Waals surface area contributed by atoms with Crippen LogP contribution in [-0.2, 0) is 14.4 Å². The average molecular weight is 318 g/mol. The number of amides is 1. The molecule has 0 aromatic carbocycles. The highest BCUT2D eigenvalue weighted by molar-refractivity contribution is 6.26. The number of hydrogen-bond donors (Lipinski definition) is 1. The molecule has 0 spiro atoms. The topological polar surface area (TPSA) is 94.2 Å². The predicted molar refractivity (Wildman–Crippen MR) is 76.7 cm³/mol. The standard InChI is InChI=1S/C13H20ClN3O4/c1-13(2,3)20-12(19)17-5-7-8(6-17)10(7)11(15)16-21-9(18)4-14/h7-8,10H,4-6H2,1-3H3,(H2,15,16). The third-order valence-corrected chi connectivity index (χ3v) is 3.77.